The van der Waals surface area contributed by atoms with Crippen molar-refractivity contribution >= 4 is 17.7 Å². The Morgan fingerprint density at radius 3 is 2.59 bits per heavy atom. The fourth-order valence-corrected chi connectivity index (χ4v) is 5.08. The van der Waals surface area contributed by atoms with Crippen molar-refractivity contribution in [2.75, 3.05) is 11.5 Å². The number of amides is 1. The number of thioether (sulfide) groups is 1. The lowest BCUT2D eigenvalue weighted by Crippen LogP contribution is -2.37. The van der Waals surface area contributed by atoms with Crippen molar-refractivity contribution in [3.8, 4) is 5.75 Å². The predicted octanol–water partition coefficient (Wildman–Crippen LogP) is 4.87. The number of carbonyl (C=O) groups is 1. The number of hydrogen-bond donors (Lipinski definition) is 1. The summed E-state index contributed by atoms with van der Waals surface area (Å²) in [4.78, 5) is 13.0. The fourth-order valence-electron chi connectivity index (χ4n) is 4.52. The Morgan fingerprint density at radius 2 is 1.91 bits per heavy atom. The Balaban J connectivity index is 1.32. The second-order valence-corrected chi connectivity index (χ2v) is 10.6. The van der Waals surface area contributed by atoms with E-state index in [-0.39, 0.29) is 17.4 Å². The van der Waals surface area contributed by atoms with Gasteiger partial charge in [0.25, 0.3) is 5.91 Å². The number of carbonyl (C=O) groups excluding carboxylic acids is 1. The normalized spacial score (nSPS) is 19.6. The quantitative estimate of drug-likeness (QED) is 0.586. The van der Waals surface area contributed by atoms with Crippen LogP contribution in [0.3, 0.4) is 0 Å². The third-order valence-corrected chi connectivity index (χ3v) is 7.48. The van der Waals surface area contributed by atoms with Crippen molar-refractivity contribution < 1.29 is 9.53 Å². The van der Waals surface area contributed by atoms with Crippen LogP contribution in [0.15, 0.2) is 60.8 Å². The van der Waals surface area contributed by atoms with Gasteiger partial charge in [0, 0.05) is 28.3 Å². The zero-order chi connectivity index (χ0) is 22.1. The monoisotopic (exact) mass is 447 g/mol. The highest BCUT2D eigenvalue weighted by Gasteiger charge is 2.36. The summed E-state index contributed by atoms with van der Waals surface area (Å²) in [6.07, 6.45) is 4.08. The number of rotatable bonds is 6. The lowest BCUT2D eigenvalue weighted by Gasteiger charge is -2.36. The molecule has 1 amide bonds. The second-order valence-electron chi connectivity index (χ2n) is 9.56. The van der Waals surface area contributed by atoms with Crippen LogP contribution in [0.2, 0.25) is 0 Å². The van der Waals surface area contributed by atoms with E-state index >= 15 is 0 Å². The Labute approximate surface area is 193 Å². The van der Waals surface area contributed by atoms with Gasteiger partial charge in [-0.1, -0.05) is 44.2 Å². The molecule has 5 nitrogen and oxygen atoms in total. The van der Waals surface area contributed by atoms with E-state index in [4.69, 9.17) is 4.74 Å². The van der Waals surface area contributed by atoms with Gasteiger partial charge in [0.1, 0.15) is 11.9 Å². The summed E-state index contributed by atoms with van der Waals surface area (Å²) in [5.74, 6) is 2.86. The standard InChI is InChI=1S/C26H29N3O2S/c1-26(2)12-23(22-14-27-29(24(22)13-26)15-18-6-4-3-5-7-18)28-25(30)19-8-10-20(11-9-19)31-21-16-32-17-21/h3-11,14,21,23H,12-13,15-17H2,1-2H3,(H,28,30)/t23-/m0/s1. The Kier molecular flexibility index (Phi) is 5.72. The fraction of sp³-hybridized carbons (Fsp3) is 0.385. The molecule has 0 saturated carbocycles. The summed E-state index contributed by atoms with van der Waals surface area (Å²) < 4.78 is 7.99. The van der Waals surface area contributed by atoms with Crippen molar-refractivity contribution in [2.45, 2.75) is 45.4 Å². The van der Waals surface area contributed by atoms with Gasteiger partial charge in [-0.2, -0.15) is 16.9 Å². The molecule has 5 rings (SSSR count). The molecule has 1 N–H and O–H groups in total. The van der Waals surface area contributed by atoms with Gasteiger partial charge < -0.3 is 10.1 Å². The third-order valence-electron chi connectivity index (χ3n) is 6.27. The van der Waals surface area contributed by atoms with E-state index in [0.717, 1.165) is 42.2 Å². The number of benzene rings is 2. The first kappa shape index (κ1) is 21.1. The van der Waals surface area contributed by atoms with Gasteiger partial charge in [-0.25, -0.2) is 0 Å². The topological polar surface area (TPSA) is 56.2 Å². The van der Waals surface area contributed by atoms with Crippen LogP contribution in [-0.2, 0) is 13.0 Å². The number of hydrogen-bond acceptors (Lipinski definition) is 4. The van der Waals surface area contributed by atoms with Gasteiger partial charge in [0.05, 0.1) is 18.8 Å². The molecule has 2 heterocycles. The van der Waals surface area contributed by atoms with Crippen molar-refractivity contribution in [1.29, 1.82) is 0 Å². The first-order valence-electron chi connectivity index (χ1n) is 11.2. The van der Waals surface area contributed by atoms with Crippen molar-refractivity contribution in [1.82, 2.24) is 15.1 Å². The van der Waals surface area contributed by atoms with Crippen LogP contribution in [0.4, 0.5) is 0 Å². The van der Waals surface area contributed by atoms with E-state index in [1.165, 1.54) is 11.3 Å². The number of aromatic nitrogens is 2. The zero-order valence-corrected chi connectivity index (χ0v) is 19.4. The van der Waals surface area contributed by atoms with E-state index in [2.05, 4.69) is 53.2 Å². The van der Waals surface area contributed by atoms with Crippen LogP contribution in [0.5, 0.6) is 5.75 Å². The maximum atomic E-state index is 13.0. The van der Waals surface area contributed by atoms with E-state index in [0.29, 0.717) is 11.7 Å². The maximum Gasteiger partial charge on any atom is 0.251 e. The number of fused-ring (bicyclic) bond motifs is 1. The number of nitrogens with one attached hydrogen (secondary N) is 1. The minimum absolute atomic E-state index is 0.0475. The SMILES string of the molecule is CC1(C)Cc2c(cnn2Cc2ccccc2)[C@@H](NC(=O)c2ccc(OC3CSC3)cc2)C1. The molecule has 0 unspecified atom stereocenters. The van der Waals surface area contributed by atoms with Crippen molar-refractivity contribution in [2.24, 2.45) is 5.41 Å². The molecule has 32 heavy (non-hydrogen) atoms. The van der Waals surface area contributed by atoms with Gasteiger partial charge in [-0.05, 0) is 48.1 Å². The second kappa shape index (κ2) is 8.66. The molecule has 1 atom stereocenters. The summed E-state index contributed by atoms with van der Waals surface area (Å²) in [6, 6.07) is 17.8. The molecule has 1 saturated heterocycles. The molecule has 6 heteroatoms. The third kappa shape index (κ3) is 4.56. The van der Waals surface area contributed by atoms with Crippen LogP contribution < -0.4 is 10.1 Å². The highest BCUT2D eigenvalue weighted by Crippen LogP contribution is 2.41. The Hall–Kier alpha value is -2.73. The lowest BCUT2D eigenvalue weighted by atomic mass is 9.74. The van der Waals surface area contributed by atoms with Crippen molar-refractivity contribution in [3.63, 3.8) is 0 Å². The van der Waals surface area contributed by atoms with E-state index in [9.17, 15) is 4.79 Å². The number of ether oxygens (including phenoxy) is 1. The molecule has 0 spiro atoms. The first-order chi connectivity index (χ1) is 15.5. The largest absolute Gasteiger partial charge is 0.489 e. The molecule has 1 aromatic heterocycles. The van der Waals surface area contributed by atoms with Crippen molar-refractivity contribution in [3.05, 3.63) is 83.2 Å². The summed E-state index contributed by atoms with van der Waals surface area (Å²) in [6.45, 7) is 5.27. The predicted molar refractivity (Wildman–Crippen MR) is 128 cm³/mol. The maximum absolute atomic E-state index is 13.0. The molecule has 0 radical (unpaired) electrons. The first-order valence-corrected chi connectivity index (χ1v) is 12.4. The van der Waals surface area contributed by atoms with Crippen LogP contribution in [-0.4, -0.2) is 33.3 Å². The lowest BCUT2D eigenvalue weighted by molar-refractivity contribution is 0.0919. The molecule has 1 aliphatic carbocycles. The van der Waals surface area contributed by atoms with E-state index in [1.807, 2.05) is 48.3 Å². The van der Waals surface area contributed by atoms with Crippen LogP contribution in [0, 0.1) is 5.41 Å². The zero-order valence-electron chi connectivity index (χ0n) is 18.6. The van der Waals surface area contributed by atoms with Gasteiger partial charge in [0.2, 0.25) is 0 Å². The summed E-state index contributed by atoms with van der Waals surface area (Å²) in [5, 5.41) is 7.96. The van der Waals surface area contributed by atoms with Crippen LogP contribution in [0.1, 0.15) is 53.5 Å². The van der Waals surface area contributed by atoms with E-state index in [1.54, 1.807) is 0 Å². The molecular weight excluding hydrogens is 418 g/mol. The summed E-state index contributed by atoms with van der Waals surface area (Å²) >= 11 is 1.89. The molecule has 166 valence electrons. The van der Waals surface area contributed by atoms with Gasteiger partial charge in [0.15, 0.2) is 0 Å². The Bertz CT molecular complexity index is 1090. The van der Waals surface area contributed by atoms with Gasteiger partial charge >= 0.3 is 0 Å². The molecule has 2 aliphatic rings. The molecule has 1 aliphatic heterocycles. The molecule has 0 bridgehead atoms. The molecule has 1 fully saturated rings. The smallest absolute Gasteiger partial charge is 0.251 e. The van der Waals surface area contributed by atoms with Crippen LogP contribution >= 0.6 is 11.8 Å². The minimum atomic E-state index is -0.0554. The summed E-state index contributed by atoms with van der Waals surface area (Å²) in [7, 11) is 0. The average Bonchev–Trinajstić information content (AvgIpc) is 3.13. The Morgan fingerprint density at radius 1 is 1.16 bits per heavy atom. The average molecular weight is 448 g/mol. The number of nitrogens with zero attached hydrogens (tertiary/aromatic N) is 2. The highest BCUT2D eigenvalue weighted by molar-refractivity contribution is 8.00. The molecular formula is C26H29N3O2S. The highest BCUT2D eigenvalue weighted by atomic mass is 32.2. The minimum Gasteiger partial charge on any atom is -0.489 e. The molecule has 3 aromatic rings. The van der Waals surface area contributed by atoms with Gasteiger partial charge in [-0.3, -0.25) is 9.48 Å². The van der Waals surface area contributed by atoms with E-state index < -0.39 is 0 Å². The van der Waals surface area contributed by atoms with Gasteiger partial charge in [-0.15, -0.1) is 0 Å². The molecule has 2 aromatic carbocycles. The summed E-state index contributed by atoms with van der Waals surface area (Å²) in [5.41, 5.74) is 4.32. The van der Waals surface area contributed by atoms with Crippen LogP contribution in [0.25, 0.3) is 0 Å².